The van der Waals surface area contributed by atoms with E-state index in [-0.39, 0.29) is 16.9 Å². The van der Waals surface area contributed by atoms with Gasteiger partial charge >= 0.3 is 0 Å². The van der Waals surface area contributed by atoms with E-state index >= 15 is 0 Å². The Morgan fingerprint density at radius 1 is 1.27 bits per heavy atom. The zero-order valence-corrected chi connectivity index (χ0v) is 13.5. The van der Waals surface area contributed by atoms with Crippen molar-refractivity contribution in [3.63, 3.8) is 0 Å². The maximum absolute atomic E-state index is 12.5. The number of nitrogens with two attached hydrogens (primary N) is 1. The van der Waals surface area contributed by atoms with Gasteiger partial charge in [-0.05, 0) is 49.8 Å². The van der Waals surface area contributed by atoms with E-state index in [4.69, 9.17) is 5.73 Å². The van der Waals surface area contributed by atoms with Gasteiger partial charge in [-0.15, -0.1) is 0 Å². The summed E-state index contributed by atoms with van der Waals surface area (Å²) < 4.78 is 0. The summed E-state index contributed by atoms with van der Waals surface area (Å²) in [5.41, 5.74) is 7.13. The fourth-order valence-electron chi connectivity index (χ4n) is 3.71. The summed E-state index contributed by atoms with van der Waals surface area (Å²) >= 11 is 0. The molecule has 2 aliphatic rings. The molecule has 1 aromatic rings. The van der Waals surface area contributed by atoms with Crippen molar-refractivity contribution in [1.29, 1.82) is 0 Å². The summed E-state index contributed by atoms with van der Waals surface area (Å²) in [6.07, 6.45) is 4.36. The van der Waals surface area contributed by atoms with Crippen molar-refractivity contribution in [2.45, 2.75) is 38.1 Å². The van der Waals surface area contributed by atoms with Crippen LogP contribution in [0.4, 0.5) is 0 Å². The van der Waals surface area contributed by atoms with Gasteiger partial charge in [-0.25, -0.2) is 0 Å². The average Bonchev–Trinajstić information content (AvgIpc) is 2.86. The monoisotopic (exact) mass is 301 g/mol. The first-order valence-electron chi connectivity index (χ1n) is 8.34. The third-order valence-corrected chi connectivity index (χ3v) is 5.41. The summed E-state index contributed by atoms with van der Waals surface area (Å²) in [6.45, 7) is 5.29. The fraction of sp³-hybridized carbons (Fsp3) is 0.611. The van der Waals surface area contributed by atoms with Crippen LogP contribution < -0.4 is 11.1 Å². The molecule has 4 heteroatoms. The summed E-state index contributed by atoms with van der Waals surface area (Å²) in [4.78, 5) is 14.7. The topological polar surface area (TPSA) is 58.4 Å². The van der Waals surface area contributed by atoms with Crippen molar-refractivity contribution in [3.05, 3.63) is 35.9 Å². The number of nitrogens with one attached hydrogen (secondary N) is 1. The molecule has 3 N–H and O–H groups in total. The third kappa shape index (κ3) is 3.03. The van der Waals surface area contributed by atoms with E-state index in [1.807, 2.05) is 6.07 Å². The third-order valence-electron chi connectivity index (χ3n) is 5.41. The Morgan fingerprint density at radius 3 is 2.55 bits per heavy atom. The largest absolute Gasteiger partial charge is 0.345 e. The van der Waals surface area contributed by atoms with E-state index in [2.05, 4.69) is 41.4 Å². The summed E-state index contributed by atoms with van der Waals surface area (Å²) in [5, 5.41) is 3.31. The molecule has 0 radical (unpaired) electrons. The van der Waals surface area contributed by atoms with Gasteiger partial charge in [0.25, 0.3) is 0 Å². The van der Waals surface area contributed by atoms with Gasteiger partial charge in [0.2, 0.25) is 5.91 Å². The molecule has 1 atom stereocenters. The lowest BCUT2D eigenvalue weighted by atomic mass is 9.72. The normalized spacial score (nSPS) is 27.4. The number of carbonyl (C=O) groups is 1. The minimum absolute atomic E-state index is 0.130. The number of rotatable bonds is 5. The van der Waals surface area contributed by atoms with Gasteiger partial charge in [-0.1, -0.05) is 37.3 Å². The molecule has 1 aromatic carbocycles. The first-order chi connectivity index (χ1) is 10.6. The van der Waals surface area contributed by atoms with Gasteiger partial charge in [-0.3, -0.25) is 9.69 Å². The molecule has 1 amide bonds. The predicted molar refractivity (Wildman–Crippen MR) is 88.3 cm³/mol. The van der Waals surface area contributed by atoms with Crippen LogP contribution in [0.5, 0.6) is 0 Å². The summed E-state index contributed by atoms with van der Waals surface area (Å²) in [6, 6.07) is 10.4. The van der Waals surface area contributed by atoms with Crippen LogP contribution in [-0.4, -0.2) is 37.0 Å². The molecule has 120 valence electrons. The Labute approximate surface area is 133 Å². The Bertz CT molecular complexity index is 526. The van der Waals surface area contributed by atoms with Gasteiger partial charge in [0.15, 0.2) is 0 Å². The van der Waals surface area contributed by atoms with E-state index in [0.29, 0.717) is 13.1 Å². The molecule has 1 saturated carbocycles. The highest BCUT2D eigenvalue weighted by molar-refractivity contribution is 5.79. The van der Waals surface area contributed by atoms with E-state index in [1.54, 1.807) is 0 Å². The lowest BCUT2D eigenvalue weighted by Gasteiger charge is -2.43. The lowest BCUT2D eigenvalue weighted by molar-refractivity contribution is -0.125. The maximum atomic E-state index is 12.5. The molecule has 4 nitrogen and oxygen atoms in total. The Morgan fingerprint density at radius 2 is 2.00 bits per heavy atom. The van der Waals surface area contributed by atoms with Crippen molar-refractivity contribution in [1.82, 2.24) is 10.2 Å². The van der Waals surface area contributed by atoms with Crippen molar-refractivity contribution >= 4 is 5.91 Å². The molecular formula is C18H27N3O. The zero-order chi connectivity index (χ0) is 15.6. The molecule has 1 aliphatic carbocycles. The summed E-state index contributed by atoms with van der Waals surface area (Å²) in [5.74, 6) is 0.143. The molecule has 0 bridgehead atoms. The van der Waals surface area contributed by atoms with Crippen molar-refractivity contribution < 1.29 is 4.79 Å². The van der Waals surface area contributed by atoms with Gasteiger partial charge in [0.05, 0.1) is 12.1 Å². The van der Waals surface area contributed by atoms with Gasteiger partial charge in [-0.2, -0.15) is 0 Å². The maximum Gasteiger partial charge on any atom is 0.234 e. The smallest absolute Gasteiger partial charge is 0.234 e. The Balaban J connectivity index is 1.60. The second-order valence-electron chi connectivity index (χ2n) is 7.33. The van der Waals surface area contributed by atoms with Gasteiger partial charge < -0.3 is 11.1 Å². The first kappa shape index (κ1) is 15.5. The number of amides is 1. The molecule has 1 saturated heterocycles. The number of nitrogens with zero attached hydrogens (tertiary/aromatic N) is 1. The second-order valence-corrected chi connectivity index (χ2v) is 7.33. The van der Waals surface area contributed by atoms with Crippen LogP contribution in [-0.2, 0) is 10.3 Å². The minimum atomic E-state index is -0.130. The minimum Gasteiger partial charge on any atom is -0.345 e. The van der Waals surface area contributed by atoms with Crippen molar-refractivity contribution in [2.75, 3.05) is 26.2 Å². The van der Waals surface area contributed by atoms with Crippen molar-refractivity contribution in [3.8, 4) is 0 Å². The molecule has 2 fully saturated rings. The Hall–Kier alpha value is -1.39. The molecule has 22 heavy (non-hydrogen) atoms. The first-order valence-corrected chi connectivity index (χ1v) is 8.34. The predicted octanol–water partition coefficient (Wildman–Crippen LogP) is 1.85. The van der Waals surface area contributed by atoms with Crippen LogP contribution in [0.1, 0.15) is 38.2 Å². The highest BCUT2D eigenvalue weighted by atomic mass is 16.2. The second kappa shape index (κ2) is 6.01. The van der Waals surface area contributed by atoms with Gasteiger partial charge in [0.1, 0.15) is 0 Å². The number of likely N-dealkylation sites (tertiary alicyclic amines) is 1. The molecule has 0 spiro atoms. The Kier molecular flexibility index (Phi) is 4.24. The lowest BCUT2D eigenvalue weighted by Crippen LogP contribution is -2.53. The number of hydrogen-bond acceptors (Lipinski definition) is 3. The number of benzene rings is 1. The fourth-order valence-corrected chi connectivity index (χ4v) is 3.71. The van der Waals surface area contributed by atoms with E-state index < -0.39 is 0 Å². The standard InChI is InChI=1S/C18H27N3O/c1-17(13-19)10-11-21(14-17)12-16(22)20-18(8-5-9-18)15-6-3-2-4-7-15/h2-4,6-7H,5,8-14,19H2,1H3,(H,20,22). The van der Waals surface area contributed by atoms with Crippen molar-refractivity contribution in [2.24, 2.45) is 11.1 Å². The average molecular weight is 301 g/mol. The highest BCUT2D eigenvalue weighted by Crippen LogP contribution is 2.41. The SMILES string of the molecule is CC1(CN)CCN(CC(=O)NC2(c3ccccc3)CCC2)C1. The van der Waals surface area contributed by atoms with Crippen LogP contribution >= 0.6 is 0 Å². The van der Waals surface area contributed by atoms with Crippen LogP contribution in [0, 0.1) is 5.41 Å². The van der Waals surface area contributed by atoms with E-state index in [1.165, 1.54) is 12.0 Å². The highest BCUT2D eigenvalue weighted by Gasteiger charge is 2.40. The van der Waals surface area contributed by atoms with E-state index in [9.17, 15) is 4.79 Å². The number of carbonyl (C=O) groups excluding carboxylic acids is 1. The number of hydrogen-bond donors (Lipinski definition) is 2. The molecule has 1 aliphatic heterocycles. The summed E-state index contributed by atoms with van der Waals surface area (Å²) in [7, 11) is 0. The van der Waals surface area contributed by atoms with E-state index in [0.717, 1.165) is 32.4 Å². The molecule has 1 unspecified atom stereocenters. The quantitative estimate of drug-likeness (QED) is 0.872. The molecule has 1 heterocycles. The molecule has 0 aromatic heterocycles. The van der Waals surface area contributed by atoms with Crippen LogP contribution in [0.2, 0.25) is 0 Å². The molecular weight excluding hydrogens is 274 g/mol. The van der Waals surface area contributed by atoms with Gasteiger partial charge in [0, 0.05) is 6.54 Å². The van der Waals surface area contributed by atoms with Crippen LogP contribution in [0.15, 0.2) is 30.3 Å². The molecule has 3 rings (SSSR count). The van der Waals surface area contributed by atoms with Crippen LogP contribution in [0.3, 0.4) is 0 Å². The zero-order valence-electron chi connectivity index (χ0n) is 13.5. The van der Waals surface area contributed by atoms with Crippen LogP contribution in [0.25, 0.3) is 0 Å².